The van der Waals surface area contributed by atoms with E-state index in [4.69, 9.17) is 42.8 Å². The van der Waals surface area contributed by atoms with Crippen LogP contribution in [0, 0.1) is 3.57 Å². The van der Waals surface area contributed by atoms with Crippen molar-refractivity contribution in [1.82, 2.24) is 16.1 Å². The third kappa shape index (κ3) is 9.08. The Labute approximate surface area is 285 Å². The van der Waals surface area contributed by atoms with Crippen LogP contribution in [0.5, 0.6) is 17.2 Å². The van der Waals surface area contributed by atoms with Gasteiger partial charge in [0, 0.05) is 21.8 Å². The van der Waals surface area contributed by atoms with Crippen molar-refractivity contribution in [2.75, 3.05) is 19.8 Å². The molecule has 0 spiro atoms. The van der Waals surface area contributed by atoms with E-state index in [0.29, 0.717) is 56.4 Å². The van der Waals surface area contributed by atoms with Crippen molar-refractivity contribution in [2.45, 2.75) is 33.4 Å². The molecule has 1 atom stereocenters. The second kappa shape index (κ2) is 16.4. The van der Waals surface area contributed by atoms with Crippen molar-refractivity contribution in [2.24, 2.45) is 5.10 Å². The summed E-state index contributed by atoms with van der Waals surface area (Å²) < 4.78 is 23.8. The third-order valence-corrected chi connectivity index (χ3v) is 7.81. The molecule has 236 valence electrons. The summed E-state index contributed by atoms with van der Waals surface area (Å²) in [7, 11) is 0. The molecule has 1 aliphatic rings. The lowest BCUT2D eigenvalue weighted by molar-refractivity contribution is -0.139. The number of carbonyl (C=O) groups is 2. The molecular weight excluding hydrogens is 731 g/mol. The van der Waals surface area contributed by atoms with Gasteiger partial charge in [-0.3, -0.25) is 4.79 Å². The van der Waals surface area contributed by atoms with Gasteiger partial charge in [-0.2, -0.15) is 5.10 Å². The largest absolute Gasteiger partial charge is 0.490 e. The Bertz CT molecular complexity index is 1630. The number of para-hydroxylation sites is 1. The first kappa shape index (κ1) is 34.0. The Balaban J connectivity index is 1.41. The van der Waals surface area contributed by atoms with E-state index in [1.807, 2.05) is 43.3 Å². The summed E-state index contributed by atoms with van der Waals surface area (Å²) >= 11 is 13.8. The molecule has 13 heteroatoms. The highest BCUT2D eigenvalue weighted by molar-refractivity contribution is 14.1. The highest BCUT2D eigenvalue weighted by Crippen LogP contribution is 2.35. The number of carbonyl (C=O) groups excluding carboxylic acids is 2. The van der Waals surface area contributed by atoms with E-state index in [0.717, 1.165) is 9.13 Å². The van der Waals surface area contributed by atoms with Gasteiger partial charge >= 0.3 is 5.97 Å². The molecule has 4 rings (SSSR count). The molecular formula is C32H32ClIN4O6S. The average Bonchev–Trinajstić information content (AvgIpc) is 3.00. The lowest BCUT2D eigenvalue weighted by atomic mass is 9.95. The molecule has 0 aliphatic carbocycles. The first-order valence-corrected chi connectivity index (χ1v) is 15.9. The van der Waals surface area contributed by atoms with Gasteiger partial charge < -0.3 is 29.6 Å². The molecule has 0 saturated carbocycles. The minimum Gasteiger partial charge on any atom is -0.490 e. The Morgan fingerprint density at radius 2 is 1.80 bits per heavy atom. The van der Waals surface area contributed by atoms with Crippen LogP contribution in [0.1, 0.15) is 43.5 Å². The van der Waals surface area contributed by atoms with Crippen LogP contribution in [0.15, 0.2) is 77.0 Å². The van der Waals surface area contributed by atoms with E-state index in [2.05, 4.69) is 43.8 Å². The lowest BCUT2D eigenvalue weighted by Crippen LogP contribution is -2.45. The third-order valence-electron chi connectivity index (χ3n) is 6.42. The second-order valence-electron chi connectivity index (χ2n) is 9.55. The van der Waals surface area contributed by atoms with Gasteiger partial charge in [0.15, 0.2) is 23.2 Å². The van der Waals surface area contributed by atoms with E-state index in [-0.39, 0.29) is 19.8 Å². The summed E-state index contributed by atoms with van der Waals surface area (Å²) in [5, 5.41) is 11.1. The number of hydrazone groups is 1. The summed E-state index contributed by atoms with van der Waals surface area (Å²) in [6, 6.07) is 17.6. The van der Waals surface area contributed by atoms with Crippen molar-refractivity contribution in [3.05, 3.63) is 97.2 Å². The zero-order valence-electron chi connectivity index (χ0n) is 24.8. The fourth-order valence-corrected chi connectivity index (χ4v) is 5.68. The number of amides is 1. The van der Waals surface area contributed by atoms with Crippen molar-refractivity contribution < 1.29 is 28.5 Å². The van der Waals surface area contributed by atoms with Crippen LogP contribution >= 0.6 is 46.4 Å². The Kier molecular flexibility index (Phi) is 12.4. The zero-order chi connectivity index (χ0) is 32.3. The number of nitrogens with one attached hydrogen (secondary N) is 3. The van der Waals surface area contributed by atoms with Crippen LogP contribution < -0.4 is 30.3 Å². The molecule has 3 N–H and O–H groups in total. The minimum atomic E-state index is -0.631. The maximum atomic E-state index is 12.8. The van der Waals surface area contributed by atoms with Crippen LogP contribution in [-0.2, 0) is 20.9 Å². The van der Waals surface area contributed by atoms with Gasteiger partial charge in [0.1, 0.15) is 12.4 Å². The Morgan fingerprint density at radius 3 is 2.56 bits per heavy atom. The fraction of sp³-hybridized carbons (Fsp3) is 0.250. The molecule has 0 radical (unpaired) electrons. The maximum absolute atomic E-state index is 12.8. The predicted molar refractivity (Wildman–Crippen MR) is 185 cm³/mol. The minimum absolute atomic E-state index is 0.221. The Morgan fingerprint density at radius 1 is 1.04 bits per heavy atom. The van der Waals surface area contributed by atoms with Gasteiger partial charge in [0.25, 0.3) is 5.91 Å². The first-order chi connectivity index (χ1) is 21.7. The second-order valence-corrected chi connectivity index (χ2v) is 11.5. The number of hydrogen-bond donors (Lipinski definition) is 3. The smallest absolute Gasteiger partial charge is 0.338 e. The van der Waals surface area contributed by atoms with Crippen molar-refractivity contribution in [3.8, 4) is 17.2 Å². The molecule has 0 bridgehead atoms. The zero-order valence-corrected chi connectivity index (χ0v) is 28.5. The van der Waals surface area contributed by atoms with Gasteiger partial charge in [0.05, 0.1) is 34.6 Å². The summed E-state index contributed by atoms with van der Waals surface area (Å²) in [5.74, 6) is 0.572. The molecule has 3 aromatic rings. The number of benzene rings is 3. The summed E-state index contributed by atoms with van der Waals surface area (Å²) in [4.78, 5) is 25.4. The molecule has 1 aliphatic heterocycles. The molecule has 45 heavy (non-hydrogen) atoms. The van der Waals surface area contributed by atoms with E-state index in [1.165, 1.54) is 6.21 Å². The molecule has 0 unspecified atom stereocenters. The van der Waals surface area contributed by atoms with E-state index in [9.17, 15) is 9.59 Å². The van der Waals surface area contributed by atoms with Crippen molar-refractivity contribution in [3.63, 3.8) is 0 Å². The molecule has 3 aromatic carbocycles. The molecule has 1 heterocycles. The fourth-order valence-electron chi connectivity index (χ4n) is 4.44. The van der Waals surface area contributed by atoms with E-state index < -0.39 is 17.9 Å². The summed E-state index contributed by atoms with van der Waals surface area (Å²) in [6.45, 7) is 5.99. The average molecular weight is 763 g/mol. The van der Waals surface area contributed by atoms with E-state index in [1.54, 1.807) is 38.1 Å². The highest BCUT2D eigenvalue weighted by atomic mass is 127. The van der Waals surface area contributed by atoms with Crippen LogP contribution in [0.25, 0.3) is 0 Å². The van der Waals surface area contributed by atoms with Gasteiger partial charge in [-0.05, 0) is 85.4 Å². The van der Waals surface area contributed by atoms with E-state index >= 15 is 0 Å². The van der Waals surface area contributed by atoms with Crippen molar-refractivity contribution >= 4 is 69.6 Å². The van der Waals surface area contributed by atoms with Gasteiger partial charge in [-0.15, -0.1) is 0 Å². The monoisotopic (exact) mass is 762 g/mol. The number of esters is 1. The molecule has 0 fully saturated rings. The maximum Gasteiger partial charge on any atom is 0.338 e. The summed E-state index contributed by atoms with van der Waals surface area (Å²) in [6.07, 6.45) is 1.51. The first-order valence-electron chi connectivity index (χ1n) is 14.0. The SMILES string of the molecule is CCOC(=O)C1=C(C)NC(=S)N[C@@H]1c1ccccc1OCC(=O)NN=Cc1cc(I)c(OCc2ccccc2Cl)c(OCC)c1. The molecule has 1 amide bonds. The lowest BCUT2D eigenvalue weighted by Gasteiger charge is -2.30. The molecule has 10 nitrogen and oxygen atoms in total. The number of allylic oxidation sites excluding steroid dienone is 1. The number of halogens is 2. The van der Waals surface area contributed by atoms with Gasteiger partial charge in [-0.1, -0.05) is 48.0 Å². The van der Waals surface area contributed by atoms with Crippen LogP contribution in [0.3, 0.4) is 0 Å². The number of hydrogen-bond acceptors (Lipinski definition) is 8. The Hall–Kier alpha value is -3.88. The normalized spacial score (nSPS) is 14.4. The van der Waals surface area contributed by atoms with Crippen molar-refractivity contribution in [1.29, 1.82) is 0 Å². The number of ether oxygens (including phenoxy) is 4. The topological polar surface area (TPSA) is 120 Å². The van der Waals surface area contributed by atoms with Crippen LogP contribution in [0.4, 0.5) is 0 Å². The van der Waals surface area contributed by atoms with Crippen LogP contribution in [-0.4, -0.2) is 43.0 Å². The van der Waals surface area contributed by atoms with Gasteiger partial charge in [-0.25, -0.2) is 10.2 Å². The predicted octanol–water partition coefficient (Wildman–Crippen LogP) is 5.81. The highest BCUT2D eigenvalue weighted by Gasteiger charge is 2.32. The number of nitrogens with zero attached hydrogens (tertiary/aromatic N) is 1. The summed E-state index contributed by atoms with van der Waals surface area (Å²) in [5.41, 5.74) is 5.60. The molecule has 0 aromatic heterocycles. The number of rotatable bonds is 13. The standard InChI is InChI=1S/C32H32ClIN4O6S/c1-4-41-26-15-20(14-24(34)30(26)44-17-21-10-6-8-12-23(21)33)16-35-38-27(39)18-43-25-13-9-7-11-22(25)29-28(31(40)42-5-2)19(3)36-32(45)37-29/h6-16,29H,4-5,17-18H2,1-3H3,(H,38,39)(H2,36,37,45)/t29-/m1/s1. The number of thiocarbonyl (C=S) groups is 1. The quantitative estimate of drug-likeness (QED) is 0.0653. The molecule has 0 saturated heterocycles. The van der Waals surface area contributed by atoms with Gasteiger partial charge in [0.2, 0.25) is 0 Å². The van der Waals surface area contributed by atoms with Crippen LogP contribution in [0.2, 0.25) is 5.02 Å².